The third kappa shape index (κ3) is 2.26. The van der Waals surface area contributed by atoms with E-state index in [4.69, 9.17) is 5.73 Å². The minimum absolute atomic E-state index is 0.220. The molecule has 0 aromatic carbocycles. The van der Waals surface area contributed by atoms with Crippen LogP contribution in [0.1, 0.15) is 20.3 Å². The summed E-state index contributed by atoms with van der Waals surface area (Å²) >= 11 is 0. The van der Waals surface area contributed by atoms with E-state index >= 15 is 0 Å². The first-order chi connectivity index (χ1) is 4.09. The van der Waals surface area contributed by atoms with Gasteiger partial charge in [0, 0.05) is 5.92 Å². The van der Waals surface area contributed by atoms with Crippen LogP contribution in [-0.4, -0.2) is 11.7 Å². The van der Waals surface area contributed by atoms with Crippen LogP contribution in [0.15, 0.2) is 0 Å². The number of primary amides is 1. The Morgan fingerprint density at radius 2 is 2.00 bits per heavy atom. The average molecular weight is 129 g/mol. The lowest BCUT2D eigenvalue weighted by Crippen LogP contribution is -2.28. The van der Waals surface area contributed by atoms with Crippen LogP contribution in [0.25, 0.3) is 0 Å². The number of Topliss-reactive ketones (excluding diaryl/α,β-unsaturated/α-hetero) is 1. The van der Waals surface area contributed by atoms with Crippen molar-refractivity contribution in [2.75, 3.05) is 0 Å². The molecule has 0 aliphatic rings. The molecule has 0 aliphatic heterocycles. The van der Waals surface area contributed by atoms with Crippen molar-refractivity contribution in [1.29, 1.82) is 0 Å². The maximum atomic E-state index is 10.6. The van der Waals surface area contributed by atoms with Gasteiger partial charge in [-0.05, 0) is 6.42 Å². The van der Waals surface area contributed by atoms with Crippen molar-refractivity contribution in [3.8, 4) is 0 Å². The number of hydrogen-bond donors (Lipinski definition) is 1. The number of carbonyl (C=O) groups excluding carboxylic acids is 2. The standard InChI is InChI=1S/C6H11NO2/c1-3-4(2)5(8)6(7)9/h4H,3H2,1-2H3,(H2,7,9). The molecule has 1 amide bonds. The molecule has 3 heteroatoms. The van der Waals surface area contributed by atoms with Gasteiger partial charge in [0.05, 0.1) is 0 Å². The zero-order valence-electron chi connectivity index (χ0n) is 5.68. The Hall–Kier alpha value is -0.860. The monoisotopic (exact) mass is 129 g/mol. The summed E-state index contributed by atoms with van der Waals surface area (Å²) in [4.78, 5) is 20.8. The normalized spacial score (nSPS) is 12.7. The fraction of sp³-hybridized carbons (Fsp3) is 0.667. The molecule has 0 aromatic heterocycles. The molecule has 0 rings (SSSR count). The molecule has 1 atom stereocenters. The Labute approximate surface area is 54.2 Å². The predicted molar refractivity (Wildman–Crippen MR) is 33.7 cm³/mol. The molecular weight excluding hydrogens is 118 g/mol. The molecule has 1 unspecified atom stereocenters. The summed E-state index contributed by atoms with van der Waals surface area (Å²) in [5, 5.41) is 0. The number of amides is 1. The largest absolute Gasteiger partial charge is 0.363 e. The van der Waals surface area contributed by atoms with Gasteiger partial charge >= 0.3 is 0 Å². The summed E-state index contributed by atoms with van der Waals surface area (Å²) in [6.07, 6.45) is 0.668. The van der Waals surface area contributed by atoms with Gasteiger partial charge in [0.15, 0.2) is 0 Å². The lowest BCUT2D eigenvalue weighted by molar-refractivity contribution is -0.138. The average Bonchev–Trinajstić information content (AvgIpc) is 1.84. The molecule has 2 N–H and O–H groups in total. The summed E-state index contributed by atoms with van der Waals surface area (Å²) in [6, 6.07) is 0. The van der Waals surface area contributed by atoms with Crippen LogP contribution < -0.4 is 5.73 Å². The Balaban J connectivity index is 3.88. The van der Waals surface area contributed by atoms with Gasteiger partial charge < -0.3 is 5.73 Å². The highest BCUT2D eigenvalue weighted by molar-refractivity contribution is 6.36. The third-order valence-corrected chi connectivity index (χ3v) is 1.30. The topological polar surface area (TPSA) is 60.2 Å². The van der Waals surface area contributed by atoms with Gasteiger partial charge in [0.25, 0.3) is 5.91 Å². The molecule has 0 saturated carbocycles. The van der Waals surface area contributed by atoms with E-state index in [1.54, 1.807) is 6.92 Å². The fourth-order valence-corrected chi connectivity index (χ4v) is 0.428. The van der Waals surface area contributed by atoms with Crippen LogP contribution in [-0.2, 0) is 9.59 Å². The van der Waals surface area contributed by atoms with Crippen molar-refractivity contribution in [2.24, 2.45) is 11.7 Å². The molecule has 0 heterocycles. The molecule has 9 heavy (non-hydrogen) atoms. The predicted octanol–water partition coefficient (Wildman–Crippen LogP) is 0.0869. The second-order valence-electron chi connectivity index (χ2n) is 2.04. The van der Waals surface area contributed by atoms with Gasteiger partial charge in [-0.1, -0.05) is 13.8 Å². The lowest BCUT2D eigenvalue weighted by atomic mass is 10.0. The zero-order valence-corrected chi connectivity index (χ0v) is 5.68. The van der Waals surface area contributed by atoms with Crippen molar-refractivity contribution < 1.29 is 9.59 Å². The van der Waals surface area contributed by atoms with Crippen LogP contribution in [0.3, 0.4) is 0 Å². The Morgan fingerprint density at radius 3 is 2.11 bits per heavy atom. The number of hydrogen-bond acceptors (Lipinski definition) is 2. The van der Waals surface area contributed by atoms with Gasteiger partial charge in [-0.2, -0.15) is 0 Å². The first-order valence-electron chi connectivity index (χ1n) is 2.93. The van der Waals surface area contributed by atoms with E-state index in [2.05, 4.69) is 0 Å². The maximum absolute atomic E-state index is 10.6. The van der Waals surface area contributed by atoms with E-state index in [1.165, 1.54) is 0 Å². The summed E-state index contributed by atoms with van der Waals surface area (Å²) in [5.74, 6) is -1.52. The van der Waals surface area contributed by atoms with Gasteiger partial charge in [0.2, 0.25) is 5.78 Å². The first kappa shape index (κ1) is 8.14. The summed E-state index contributed by atoms with van der Waals surface area (Å²) in [6.45, 7) is 3.53. The molecule has 0 bridgehead atoms. The smallest absolute Gasteiger partial charge is 0.285 e. The van der Waals surface area contributed by atoms with Crippen LogP contribution in [0.5, 0.6) is 0 Å². The van der Waals surface area contributed by atoms with Crippen molar-refractivity contribution in [3.05, 3.63) is 0 Å². The van der Waals surface area contributed by atoms with Gasteiger partial charge in [-0.3, -0.25) is 9.59 Å². The Morgan fingerprint density at radius 1 is 1.56 bits per heavy atom. The number of rotatable bonds is 3. The summed E-state index contributed by atoms with van der Waals surface area (Å²) < 4.78 is 0. The van der Waals surface area contributed by atoms with Crippen molar-refractivity contribution >= 4 is 11.7 Å². The zero-order chi connectivity index (χ0) is 7.44. The van der Waals surface area contributed by atoms with Crippen LogP contribution in [0.4, 0.5) is 0 Å². The van der Waals surface area contributed by atoms with Crippen molar-refractivity contribution in [2.45, 2.75) is 20.3 Å². The Bertz CT molecular complexity index is 131. The van der Waals surface area contributed by atoms with Gasteiger partial charge in [0.1, 0.15) is 0 Å². The quantitative estimate of drug-likeness (QED) is 0.549. The SMILES string of the molecule is CCC(C)C(=O)C(N)=O. The Kier molecular flexibility index (Phi) is 2.91. The van der Waals surface area contributed by atoms with E-state index in [9.17, 15) is 9.59 Å². The molecule has 0 aromatic rings. The molecular formula is C6H11NO2. The minimum atomic E-state index is -0.829. The molecule has 0 aliphatic carbocycles. The van der Waals surface area contributed by atoms with Crippen molar-refractivity contribution in [1.82, 2.24) is 0 Å². The van der Waals surface area contributed by atoms with Crippen LogP contribution in [0, 0.1) is 5.92 Å². The lowest BCUT2D eigenvalue weighted by Gasteiger charge is -2.00. The summed E-state index contributed by atoms with van der Waals surface area (Å²) in [7, 11) is 0. The van der Waals surface area contributed by atoms with Gasteiger partial charge in [-0.25, -0.2) is 0 Å². The molecule has 0 radical (unpaired) electrons. The summed E-state index contributed by atoms with van der Waals surface area (Å²) in [5.41, 5.74) is 4.72. The molecule has 0 saturated heterocycles. The molecule has 52 valence electrons. The van der Waals surface area contributed by atoms with Crippen LogP contribution in [0.2, 0.25) is 0 Å². The highest BCUT2D eigenvalue weighted by atomic mass is 16.2. The number of nitrogens with two attached hydrogens (primary N) is 1. The highest BCUT2D eigenvalue weighted by Gasteiger charge is 2.15. The molecule has 0 fully saturated rings. The molecule has 0 spiro atoms. The van der Waals surface area contributed by atoms with E-state index < -0.39 is 11.7 Å². The second-order valence-corrected chi connectivity index (χ2v) is 2.04. The third-order valence-electron chi connectivity index (χ3n) is 1.30. The van der Waals surface area contributed by atoms with E-state index in [-0.39, 0.29) is 5.92 Å². The highest BCUT2D eigenvalue weighted by Crippen LogP contribution is 2.00. The number of ketones is 1. The maximum Gasteiger partial charge on any atom is 0.285 e. The van der Waals surface area contributed by atoms with E-state index in [0.717, 1.165) is 0 Å². The second kappa shape index (κ2) is 3.22. The van der Waals surface area contributed by atoms with Gasteiger partial charge in [-0.15, -0.1) is 0 Å². The molecule has 3 nitrogen and oxygen atoms in total. The minimum Gasteiger partial charge on any atom is -0.363 e. The van der Waals surface area contributed by atoms with Crippen LogP contribution >= 0.6 is 0 Å². The fourth-order valence-electron chi connectivity index (χ4n) is 0.428. The number of carbonyl (C=O) groups is 2. The van der Waals surface area contributed by atoms with Crippen molar-refractivity contribution in [3.63, 3.8) is 0 Å². The van der Waals surface area contributed by atoms with E-state index in [0.29, 0.717) is 6.42 Å². The van der Waals surface area contributed by atoms with E-state index in [1.807, 2.05) is 6.92 Å². The first-order valence-corrected chi connectivity index (χ1v) is 2.93.